The van der Waals surface area contributed by atoms with Crippen LogP contribution in [0.5, 0.6) is 0 Å². The van der Waals surface area contributed by atoms with Crippen LogP contribution in [0.25, 0.3) is 16.7 Å². The molecule has 1 N–H and O–H groups in total. The summed E-state index contributed by atoms with van der Waals surface area (Å²) in [5, 5.41) is 11.9. The number of aliphatic hydroxyl groups excluding tert-OH is 1. The minimum atomic E-state index is -0.965. The number of ether oxygens (including phenoxy) is 1. The van der Waals surface area contributed by atoms with Crippen molar-refractivity contribution in [1.29, 1.82) is 0 Å². The van der Waals surface area contributed by atoms with Crippen LogP contribution in [0.4, 0.5) is 0 Å². The average molecular weight is 413 g/mol. The molecule has 2 unspecified atom stereocenters. The monoisotopic (exact) mass is 412 g/mol. The number of carbonyl (C=O) groups excluding carboxylic acids is 1. The van der Waals surface area contributed by atoms with Gasteiger partial charge in [0, 0.05) is 5.02 Å². The van der Waals surface area contributed by atoms with Crippen LogP contribution in [0.3, 0.4) is 0 Å². The normalized spacial score (nSPS) is 24.8. The molecular formula is C25H29ClO3. The summed E-state index contributed by atoms with van der Waals surface area (Å²) in [6.07, 6.45) is 1.87. The molecule has 1 aliphatic rings. The number of halogens is 1. The van der Waals surface area contributed by atoms with Gasteiger partial charge in [-0.15, -0.1) is 0 Å². The lowest BCUT2D eigenvalue weighted by Crippen LogP contribution is -2.52. The van der Waals surface area contributed by atoms with Gasteiger partial charge in [0.05, 0.1) is 5.57 Å². The molecule has 0 saturated heterocycles. The summed E-state index contributed by atoms with van der Waals surface area (Å²) >= 11 is 6.03. The van der Waals surface area contributed by atoms with Gasteiger partial charge in [0.1, 0.15) is 17.0 Å². The Morgan fingerprint density at radius 2 is 1.52 bits per heavy atom. The second kappa shape index (κ2) is 7.97. The number of aliphatic hydroxyl groups is 1. The van der Waals surface area contributed by atoms with E-state index in [0.717, 1.165) is 28.7 Å². The molecule has 0 aromatic heterocycles. The molecule has 2 aromatic rings. The standard InChI is InChI=1S/C25H29ClO3/c1-6-16-9-10-18(17-11-13-19(26)14-12-17)15-20(16)21-22(27)24(4,7-2)29-25(5,8-3)23(21)28/h9-15,27H,6-8H2,1-5H3. The van der Waals surface area contributed by atoms with Crippen LogP contribution in [0, 0.1) is 0 Å². The molecule has 3 rings (SSSR count). The van der Waals surface area contributed by atoms with Crippen molar-refractivity contribution in [3.8, 4) is 11.1 Å². The predicted octanol–water partition coefficient (Wildman–Crippen LogP) is 6.78. The fourth-order valence-corrected chi connectivity index (χ4v) is 4.02. The molecule has 0 saturated carbocycles. The van der Waals surface area contributed by atoms with Gasteiger partial charge in [-0.2, -0.15) is 0 Å². The molecule has 29 heavy (non-hydrogen) atoms. The van der Waals surface area contributed by atoms with Gasteiger partial charge in [-0.25, -0.2) is 0 Å². The summed E-state index contributed by atoms with van der Waals surface area (Å²) in [4.78, 5) is 13.5. The van der Waals surface area contributed by atoms with E-state index in [0.29, 0.717) is 23.4 Å². The molecule has 2 aromatic carbocycles. The van der Waals surface area contributed by atoms with E-state index >= 15 is 0 Å². The molecule has 0 bridgehead atoms. The number of hydrogen-bond donors (Lipinski definition) is 1. The Labute approximate surface area is 178 Å². The molecule has 0 spiro atoms. The highest BCUT2D eigenvalue weighted by Crippen LogP contribution is 2.44. The SMILES string of the molecule is CCc1ccc(-c2ccc(Cl)cc2)cc1C1=C(O)C(C)(CC)OC(C)(CC)C1=O. The van der Waals surface area contributed by atoms with Gasteiger partial charge in [0.2, 0.25) is 0 Å². The molecular weight excluding hydrogens is 384 g/mol. The van der Waals surface area contributed by atoms with E-state index in [2.05, 4.69) is 6.92 Å². The maximum Gasteiger partial charge on any atom is 0.198 e. The van der Waals surface area contributed by atoms with Gasteiger partial charge in [0.25, 0.3) is 0 Å². The van der Waals surface area contributed by atoms with Crippen molar-refractivity contribution < 1.29 is 14.6 Å². The summed E-state index contributed by atoms with van der Waals surface area (Å²) in [7, 11) is 0. The van der Waals surface area contributed by atoms with Crippen LogP contribution in [-0.4, -0.2) is 22.1 Å². The van der Waals surface area contributed by atoms with Crippen molar-refractivity contribution in [2.75, 3.05) is 0 Å². The topological polar surface area (TPSA) is 46.5 Å². The number of ketones is 1. The van der Waals surface area contributed by atoms with E-state index in [1.165, 1.54) is 0 Å². The molecule has 0 radical (unpaired) electrons. The molecule has 4 heteroatoms. The molecule has 1 aliphatic heterocycles. The highest BCUT2D eigenvalue weighted by Gasteiger charge is 2.50. The van der Waals surface area contributed by atoms with E-state index < -0.39 is 11.2 Å². The Hall–Kier alpha value is -2.10. The first-order chi connectivity index (χ1) is 13.7. The van der Waals surface area contributed by atoms with Crippen molar-refractivity contribution >= 4 is 23.0 Å². The number of carbonyl (C=O) groups is 1. The summed E-state index contributed by atoms with van der Waals surface area (Å²) in [6, 6.07) is 13.7. The predicted molar refractivity (Wildman–Crippen MR) is 119 cm³/mol. The molecule has 154 valence electrons. The van der Waals surface area contributed by atoms with Crippen LogP contribution >= 0.6 is 11.6 Å². The first kappa shape index (κ1) is 21.6. The Morgan fingerprint density at radius 3 is 2.07 bits per heavy atom. The van der Waals surface area contributed by atoms with Crippen molar-refractivity contribution in [2.45, 2.75) is 65.1 Å². The molecule has 0 amide bonds. The lowest BCUT2D eigenvalue weighted by Gasteiger charge is -2.43. The smallest absolute Gasteiger partial charge is 0.198 e. The second-order valence-corrected chi connectivity index (χ2v) is 8.49. The van der Waals surface area contributed by atoms with Gasteiger partial charge in [0.15, 0.2) is 5.78 Å². The molecule has 3 nitrogen and oxygen atoms in total. The van der Waals surface area contributed by atoms with Gasteiger partial charge < -0.3 is 9.84 Å². The fourth-order valence-electron chi connectivity index (χ4n) is 3.89. The van der Waals surface area contributed by atoms with E-state index in [-0.39, 0.29) is 11.5 Å². The quantitative estimate of drug-likeness (QED) is 0.589. The lowest BCUT2D eigenvalue weighted by molar-refractivity contribution is -0.167. The van der Waals surface area contributed by atoms with Crippen LogP contribution in [0.2, 0.25) is 5.02 Å². The zero-order chi connectivity index (χ0) is 21.4. The summed E-state index contributed by atoms with van der Waals surface area (Å²) in [6.45, 7) is 9.64. The summed E-state index contributed by atoms with van der Waals surface area (Å²) < 4.78 is 6.17. The number of aryl methyl sites for hydroxylation is 1. The zero-order valence-corrected chi connectivity index (χ0v) is 18.6. The Kier molecular flexibility index (Phi) is 5.93. The number of hydrogen-bond acceptors (Lipinski definition) is 3. The van der Waals surface area contributed by atoms with E-state index in [1.807, 2.05) is 70.2 Å². The minimum Gasteiger partial charge on any atom is -0.508 e. The zero-order valence-electron chi connectivity index (χ0n) is 17.8. The fraction of sp³-hybridized carbons (Fsp3) is 0.400. The maximum atomic E-state index is 13.5. The Morgan fingerprint density at radius 1 is 0.931 bits per heavy atom. The molecule has 0 aliphatic carbocycles. The maximum absolute atomic E-state index is 13.5. The van der Waals surface area contributed by atoms with Crippen molar-refractivity contribution in [2.24, 2.45) is 0 Å². The van der Waals surface area contributed by atoms with E-state index in [4.69, 9.17) is 16.3 Å². The van der Waals surface area contributed by atoms with Gasteiger partial charge in [-0.3, -0.25) is 4.79 Å². The van der Waals surface area contributed by atoms with Crippen LogP contribution in [0.15, 0.2) is 48.2 Å². The number of benzene rings is 2. The molecule has 2 atom stereocenters. The van der Waals surface area contributed by atoms with Crippen molar-refractivity contribution in [1.82, 2.24) is 0 Å². The number of rotatable bonds is 5. The Bertz CT molecular complexity index is 961. The Balaban J connectivity index is 2.26. The van der Waals surface area contributed by atoms with Gasteiger partial charge in [-0.05, 0) is 73.6 Å². The first-order valence-electron chi connectivity index (χ1n) is 10.3. The van der Waals surface area contributed by atoms with E-state index in [9.17, 15) is 9.90 Å². The van der Waals surface area contributed by atoms with Crippen LogP contribution in [0.1, 0.15) is 58.6 Å². The highest BCUT2D eigenvalue weighted by molar-refractivity contribution is 6.30. The van der Waals surface area contributed by atoms with Gasteiger partial charge >= 0.3 is 0 Å². The van der Waals surface area contributed by atoms with Crippen LogP contribution in [-0.2, 0) is 16.0 Å². The third-order valence-electron chi connectivity index (χ3n) is 6.18. The largest absolute Gasteiger partial charge is 0.508 e. The van der Waals surface area contributed by atoms with Crippen molar-refractivity contribution in [3.05, 3.63) is 64.4 Å². The highest BCUT2D eigenvalue weighted by atomic mass is 35.5. The average Bonchev–Trinajstić information content (AvgIpc) is 2.73. The van der Waals surface area contributed by atoms with E-state index in [1.54, 1.807) is 0 Å². The lowest BCUT2D eigenvalue weighted by atomic mass is 9.78. The van der Waals surface area contributed by atoms with Gasteiger partial charge in [-0.1, -0.05) is 56.6 Å². The summed E-state index contributed by atoms with van der Waals surface area (Å²) in [5.41, 5.74) is 2.32. The second-order valence-electron chi connectivity index (χ2n) is 8.06. The third kappa shape index (κ3) is 3.74. The minimum absolute atomic E-state index is 0.0267. The third-order valence-corrected chi connectivity index (χ3v) is 6.43. The summed E-state index contributed by atoms with van der Waals surface area (Å²) in [5.74, 6) is -0.134. The van der Waals surface area contributed by atoms with Crippen molar-refractivity contribution in [3.63, 3.8) is 0 Å². The molecule has 0 fully saturated rings. The number of Topliss-reactive ketones (excluding diaryl/α,β-unsaturated/α-hetero) is 1. The van der Waals surface area contributed by atoms with Crippen LogP contribution < -0.4 is 0 Å². The molecule has 1 heterocycles. The first-order valence-corrected chi connectivity index (χ1v) is 10.6.